The van der Waals surface area contributed by atoms with Crippen LogP contribution in [-0.2, 0) is 0 Å². The van der Waals surface area contributed by atoms with E-state index in [0.717, 1.165) is 11.4 Å². The van der Waals surface area contributed by atoms with Crippen LogP contribution in [0.4, 0.5) is 0 Å². The fraction of sp³-hybridized carbons (Fsp3) is 0.143. The van der Waals surface area contributed by atoms with Crippen LogP contribution in [-0.4, -0.2) is 23.6 Å². The molecule has 2 rings (SSSR count). The maximum absolute atomic E-state index is 5.50. The lowest BCUT2D eigenvalue weighted by Gasteiger charge is -2.08. The molecule has 0 bridgehead atoms. The van der Waals surface area contributed by atoms with Gasteiger partial charge in [0.1, 0.15) is 12.0 Å². The molecule has 2 aliphatic heterocycles. The third-order valence-corrected chi connectivity index (χ3v) is 1.82. The Kier molecular flexibility index (Phi) is 1.66. The molecule has 6 heteroatoms. The standard InChI is InChI=1S/C7H8N6/c8-7(13-9)5-1-4-6(2-10-5)12-3-11-4/h2-3H,1,9H2,(H2,8,13). The predicted octanol–water partition coefficient (Wildman–Crippen LogP) is -0.614. The Morgan fingerprint density at radius 3 is 3.08 bits per heavy atom. The van der Waals surface area contributed by atoms with Gasteiger partial charge >= 0.3 is 0 Å². The summed E-state index contributed by atoms with van der Waals surface area (Å²) < 4.78 is 0. The van der Waals surface area contributed by atoms with Gasteiger partial charge in [-0.15, -0.1) is 0 Å². The predicted molar refractivity (Wildman–Crippen MR) is 51.9 cm³/mol. The first-order chi connectivity index (χ1) is 6.31. The number of nitrogens with zero attached hydrogens (tertiary/aromatic N) is 4. The molecular formula is C7H8N6. The van der Waals surface area contributed by atoms with E-state index in [4.69, 9.17) is 11.6 Å². The minimum absolute atomic E-state index is 0.241. The van der Waals surface area contributed by atoms with Crippen LogP contribution in [0.3, 0.4) is 0 Å². The number of hydrogen-bond acceptors (Lipinski definition) is 5. The zero-order valence-electron chi connectivity index (χ0n) is 6.81. The lowest BCUT2D eigenvalue weighted by atomic mass is 10.1. The van der Waals surface area contributed by atoms with E-state index < -0.39 is 0 Å². The summed E-state index contributed by atoms with van der Waals surface area (Å²) in [4.78, 5) is 12.1. The van der Waals surface area contributed by atoms with Gasteiger partial charge < -0.3 is 11.6 Å². The summed E-state index contributed by atoms with van der Waals surface area (Å²) in [6.07, 6.45) is 3.65. The van der Waals surface area contributed by atoms with Gasteiger partial charge in [0.15, 0.2) is 5.84 Å². The Labute approximate surface area is 74.5 Å². The Morgan fingerprint density at radius 1 is 1.46 bits per heavy atom. The highest BCUT2D eigenvalue weighted by molar-refractivity contribution is 6.45. The van der Waals surface area contributed by atoms with Gasteiger partial charge in [-0.2, -0.15) is 5.10 Å². The van der Waals surface area contributed by atoms with Crippen molar-refractivity contribution in [1.29, 1.82) is 0 Å². The van der Waals surface area contributed by atoms with E-state index in [9.17, 15) is 0 Å². The van der Waals surface area contributed by atoms with Gasteiger partial charge in [-0.05, 0) is 0 Å². The topological polar surface area (TPSA) is 101 Å². The molecule has 0 aromatic heterocycles. The van der Waals surface area contributed by atoms with Crippen molar-refractivity contribution in [2.45, 2.75) is 6.42 Å². The second kappa shape index (κ2) is 2.81. The SMILES string of the molecule is NN=C(N)C1=NC=C2N=CN=C2C1. The van der Waals surface area contributed by atoms with Crippen molar-refractivity contribution in [1.82, 2.24) is 0 Å². The van der Waals surface area contributed by atoms with Gasteiger partial charge in [-0.1, -0.05) is 0 Å². The van der Waals surface area contributed by atoms with E-state index in [-0.39, 0.29) is 5.84 Å². The number of hydrogen-bond donors (Lipinski definition) is 2. The van der Waals surface area contributed by atoms with Crippen LogP contribution >= 0.6 is 0 Å². The van der Waals surface area contributed by atoms with Gasteiger partial charge in [0, 0.05) is 6.42 Å². The molecular weight excluding hydrogens is 168 g/mol. The zero-order valence-corrected chi connectivity index (χ0v) is 6.81. The molecule has 0 saturated heterocycles. The quantitative estimate of drug-likeness (QED) is 0.241. The lowest BCUT2D eigenvalue weighted by molar-refractivity contribution is 1.23. The average molecular weight is 176 g/mol. The van der Waals surface area contributed by atoms with Crippen molar-refractivity contribution in [2.24, 2.45) is 31.7 Å². The highest BCUT2D eigenvalue weighted by atomic mass is 15.2. The molecule has 0 radical (unpaired) electrons. The van der Waals surface area contributed by atoms with Gasteiger partial charge in [0.25, 0.3) is 0 Å². The van der Waals surface area contributed by atoms with Crippen molar-refractivity contribution in [2.75, 3.05) is 0 Å². The number of amidine groups is 1. The smallest absolute Gasteiger partial charge is 0.165 e. The number of nitrogens with two attached hydrogens (primary N) is 2. The molecule has 0 aromatic carbocycles. The maximum atomic E-state index is 5.50. The number of allylic oxidation sites excluding steroid dienone is 1. The van der Waals surface area contributed by atoms with E-state index in [2.05, 4.69) is 20.1 Å². The molecule has 2 aliphatic rings. The van der Waals surface area contributed by atoms with Crippen LogP contribution < -0.4 is 11.6 Å². The molecule has 66 valence electrons. The third kappa shape index (κ3) is 1.22. The van der Waals surface area contributed by atoms with Crippen molar-refractivity contribution in [3.05, 3.63) is 11.9 Å². The molecule has 0 aromatic rings. The Hall–Kier alpha value is -1.98. The minimum Gasteiger partial charge on any atom is -0.381 e. The molecule has 0 fully saturated rings. The normalized spacial score (nSPS) is 20.6. The van der Waals surface area contributed by atoms with Crippen LogP contribution in [0.25, 0.3) is 0 Å². The fourth-order valence-corrected chi connectivity index (χ4v) is 1.12. The monoisotopic (exact) mass is 176 g/mol. The lowest BCUT2D eigenvalue weighted by Crippen LogP contribution is -2.29. The Morgan fingerprint density at radius 2 is 2.31 bits per heavy atom. The molecule has 6 nitrogen and oxygen atoms in total. The summed E-state index contributed by atoms with van der Waals surface area (Å²) in [5, 5.41) is 3.36. The first kappa shape index (κ1) is 7.66. The highest BCUT2D eigenvalue weighted by Crippen LogP contribution is 2.14. The molecule has 0 aliphatic carbocycles. The summed E-state index contributed by atoms with van der Waals surface area (Å²) in [6.45, 7) is 0. The molecule has 2 heterocycles. The molecule has 0 unspecified atom stereocenters. The number of rotatable bonds is 1. The van der Waals surface area contributed by atoms with Gasteiger partial charge in [0.2, 0.25) is 0 Å². The first-order valence-electron chi connectivity index (χ1n) is 3.71. The number of fused-ring (bicyclic) bond motifs is 1. The second-order valence-corrected chi connectivity index (χ2v) is 2.60. The minimum atomic E-state index is 0.241. The average Bonchev–Trinajstić information content (AvgIpc) is 2.63. The van der Waals surface area contributed by atoms with E-state index in [0.29, 0.717) is 12.1 Å². The summed E-state index contributed by atoms with van der Waals surface area (Å²) in [6, 6.07) is 0. The summed E-state index contributed by atoms with van der Waals surface area (Å²) in [5.41, 5.74) is 7.78. The van der Waals surface area contributed by atoms with E-state index in [1.54, 1.807) is 6.20 Å². The van der Waals surface area contributed by atoms with Crippen LogP contribution in [0.2, 0.25) is 0 Å². The Balaban J connectivity index is 2.30. The molecule has 0 saturated carbocycles. The van der Waals surface area contributed by atoms with Crippen molar-refractivity contribution in [3.8, 4) is 0 Å². The van der Waals surface area contributed by atoms with E-state index in [1.807, 2.05) is 0 Å². The van der Waals surface area contributed by atoms with Gasteiger partial charge in [-0.3, -0.25) is 4.99 Å². The van der Waals surface area contributed by atoms with Crippen LogP contribution in [0.5, 0.6) is 0 Å². The summed E-state index contributed by atoms with van der Waals surface area (Å²) in [7, 11) is 0. The number of aliphatic imine (C=N–C) groups is 3. The van der Waals surface area contributed by atoms with Crippen LogP contribution in [0, 0.1) is 0 Å². The largest absolute Gasteiger partial charge is 0.381 e. The molecule has 13 heavy (non-hydrogen) atoms. The molecule has 0 amide bonds. The molecule has 4 N–H and O–H groups in total. The van der Waals surface area contributed by atoms with E-state index >= 15 is 0 Å². The number of hydrazone groups is 1. The fourth-order valence-electron chi connectivity index (χ4n) is 1.12. The summed E-state index contributed by atoms with van der Waals surface area (Å²) in [5.74, 6) is 5.27. The Bertz CT molecular complexity index is 384. The van der Waals surface area contributed by atoms with Gasteiger partial charge in [0.05, 0.1) is 17.6 Å². The van der Waals surface area contributed by atoms with E-state index in [1.165, 1.54) is 6.34 Å². The molecule has 0 spiro atoms. The zero-order chi connectivity index (χ0) is 9.26. The van der Waals surface area contributed by atoms with Crippen molar-refractivity contribution < 1.29 is 0 Å². The van der Waals surface area contributed by atoms with Crippen molar-refractivity contribution in [3.63, 3.8) is 0 Å². The van der Waals surface area contributed by atoms with Crippen LogP contribution in [0.1, 0.15) is 6.42 Å². The highest BCUT2D eigenvalue weighted by Gasteiger charge is 2.19. The third-order valence-electron chi connectivity index (χ3n) is 1.82. The maximum Gasteiger partial charge on any atom is 0.165 e. The van der Waals surface area contributed by atoms with Crippen LogP contribution in [0.15, 0.2) is 32.0 Å². The van der Waals surface area contributed by atoms with Crippen molar-refractivity contribution >= 4 is 23.6 Å². The summed E-state index contributed by atoms with van der Waals surface area (Å²) >= 11 is 0. The second-order valence-electron chi connectivity index (χ2n) is 2.60. The first-order valence-corrected chi connectivity index (χ1v) is 3.71. The van der Waals surface area contributed by atoms with Gasteiger partial charge in [-0.25, -0.2) is 9.98 Å². The molecule has 0 atom stereocenters.